The van der Waals surface area contributed by atoms with Crippen LogP contribution in [0, 0.1) is 0 Å². The van der Waals surface area contributed by atoms with Crippen LogP contribution in [-0.4, -0.2) is 33.9 Å². The topological polar surface area (TPSA) is 48.7 Å². The zero-order valence-electron chi connectivity index (χ0n) is 8.93. The molecule has 86 valence electrons. The number of piperidine rings is 1. The number of rotatable bonds is 2. The van der Waals surface area contributed by atoms with Crippen molar-refractivity contribution in [3.63, 3.8) is 0 Å². The van der Waals surface area contributed by atoms with Crippen molar-refractivity contribution in [2.75, 3.05) is 13.1 Å². The smallest absolute Gasteiger partial charge is 0.0596 e. The van der Waals surface area contributed by atoms with Gasteiger partial charge >= 0.3 is 0 Å². The minimum absolute atomic E-state index is 0.854. The summed E-state index contributed by atoms with van der Waals surface area (Å²) < 4.78 is 1.00. The minimum Gasteiger partial charge on any atom is -0.411 e. The number of hydrogen-bond acceptors (Lipinski definition) is 4. The van der Waals surface area contributed by atoms with Gasteiger partial charge in [0.2, 0.25) is 0 Å². The molecule has 0 aliphatic carbocycles. The molecule has 0 bridgehead atoms. The molecule has 1 saturated heterocycles. The van der Waals surface area contributed by atoms with Gasteiger partial charge in [0, 0.05) is 43.1 Å². The summed E-state index contributed by atoms with van der Waals surface area (Å²) in [6.45, 7) is 2.75. The SMILES string of the molecule is ON=C1CCN(Cc2ccc(Br)cn2)CC1. The van der Waals surface area contributed by atoms with E-state index < -0.39 is 0 Å². The second-order valence-electron chi connectivity index (χ2n) is 3.91. The molecule has 4 nitrogen and oxygen atoms in total. The lowest BCUT2D eigenvalue weighted by atomic mass is 10.1. The zero-order chi connectivity index (χ0) is 11.4. The monoisotopic (exact) mass is 283 g/mol. The van der Waals surface area contributed by atoms with Gasteiger partial charge in [-0.1, -0.05) is 5.16 Å². The van der Waals surface area contributed by atoms with Crippen LogP contribution in [-0.2, 0) is 6.54 Å². The molecule has 1 N–H and O–H groups in total. The van der Waals surface area contributed by atoms with Gasteiger partial charge < -0.3 is 5.21 Å². The summed E-state index contributed by atoms with van der Waals surface area (Å²) in [5.41, 5.74) is 1.98. The van der Waals surface area contributed by atoms with E-state index in [2.05, 4.69) is 31.0 Å². The maximum absolute atomic E-state index is 8.65. The Labute approximate surface area is 103 Å². The first-order valence-corrected chi connectivity index (χ1v) is 6.10. The summed E-state index contributed by atoms with van der Waals surface area (Å²) in [6.07, 6.45) is 3.53. The van der Waals surface area contributed by atoms with E-state index >= 15 is 0 Å². The predicted molar refractivity (Wildman–Crippen MR) is 65.7 cm³/mol. The molecular weight excluding hydrogens is 270 g/mol. The van der Waals surface area contributed by atoms with Crippen LogP contribution in [0.3, 0.4) is 0 Å². The molecule has 1 aliphatic heterocycles. The quantitative estimate of drug-likeness (QED) is 0.669. The number of hydrogen-bond donors (Lipinski definition) is 1. The zero-order valence-corrected chi connectivity index (χ0v) is 10.5. The highest BCUT2D eigenvalue weighted by atomic mass is 79.9. The van der Waals surface area contributed by atoms with Crippen molar-refractivity contribution in [1.82, 2.24) is 9.88 Å². The Morgan fingerprint density at radius 1 is 1.38 bits per heavy atom. The predicted octanol–water partition coefficient (Wildman–Crippen LogP) is 2.27. The maximum Gasteiger partial charge on any atom is 0.0596 e. The Balaban J connectivity index is 1.89. The normalized spacial score (nSPS) is 17.4. The van der Waals surface area contributed by atoms with Crippen LogP contribution in [0.2, 0.25) is 0 Å². The van der Waals surface area contributed by atoms with Gasteiger partial charge in [0.1, 0.15) is 0 Å². The van der Waals surface area contributed by atoms with Crippen molar-refractivity contribution in [3.05, 3.63) is 28.5 Å². The molecule has 0 saturated carbocycles. The standard InChI is InChI=1S/C11H14BrN3O/c12-9-1-2-11(13-7-9)8-15-5-3-10(14-16)4-6-15/h1-2,7,16H,3-6,8H2. The lowest BCUT2D eigenvalue weighted by molar-refractivity contribution is 0.253. The van der Waals surface area contributed by atoms with Gasteiger partial charge in [0.05, 0.1) is 11.4 Å². The third-order valence-corrected chi connectivity index (χ3v) is 3.22. The first-order valence-electron chi connectivity index (χ1n) is 5.30. The van der Waals surface area contributed by atoms with Gasteiger partial charge in [-0.2, -0.15) is 0 Å². The van der Waals surface area contributed by atoms with E-state index in [-0.39, 0.29) is 0 Å². The molecule has 0 spiro atoms. The summed E-state index contributed by atoms with van der Waals surface area (Å²) in [6, 6.07) is 4.03. The average Bonchev–Trinajstić information content (AvgIpc) is 2.33. The Morgan fingerprint density at radius 2 is 2.12 bits per heavy atom. The molecule has 2 rings (SSSR count). The molecule has 0 amide bonds. The molecular formula is C11H14BrN3O. The molecule has 0 atom stereocenters. The fraction of sp³-hybridized carbons (Fsp3) is 0.455. The van der Waals surface area contributed by atoms with Crippen LogP contribution in [0.5, 0.6) is 0 Å². The van der Waals surface area contributed by atoms with Gasteiger partial charge in [-0.05, 0) is 28.1 Å². The van der Waals surface area contributed by atoms with Crippen LogP contribution >= 0.6 is 15.9 Å². The summed E-state index contributed by atoms with van der Waals surface area (Å²) in [5, 5.41) is 11.9. The van der Waals surface area contributed by atoms with Crippen LogP contribution in [0.15, 0.2) is 28.0 Å². The summed E-state index contributed by atoms with van der Waals surface area (Å²) in [7, 11) is 0. The highest BCUT2D eigenvalue weighted by molar-refractivity contribution is 9.10. The van der Waals surface area contributed by atoms with Crippen molar-refractivity contribution in [2.45, 2.75) is 19.4 Å². The molecule has 2 heterocycles. The van der Waals surface area contributed by atoms with E-state index in [1.54, 1.807) is 0 Å². The van der Waals surface area contributed by atoms with Gasteiger partial charge in [-0.3, -0.25) is 9.88 Å². The van der Waals surface area contributed by atoms with Crippen LogP contribution in [0.1, 0.15) is 18.5 Å². The van der Waals surface area contributed by atoms with Gasteiger partial charge in [0.25, 0.3) is 0 Å². The van der Waals surface area contributed by atoms with Crippen LogP contribution < -0.4 is 0 Å². The third-order valence-electron chi connectivity index (χ3n) is 2.75. The number of likely N-dealkylation sites (tertiary alicyclic amines) is 1. The van der Waals surface area contributed by atoms with E-state index in [1.807, 2.05) is 18.3 Å². The Hall–Kier alpha value is -0.940. The Kier molecular flexibility index (Phi) is 3.90. The van der Waals surface area contributed by atoms with Crippen LogP contribution in [0.25, 0.3) is 0 Å². The lowest BCUT2D eigenvalue weighted by Gasteiger charge is -2.26. The number of aromatic nitrogens is 1. The van der Waals surface area contributed by atoms with Crippen molar-refractivity contribution in [3.8, 4) is 0 Å². The van der Waals surface area contributed by atoms with Gasteiger partial charge in [-0.25, -0.2) is 0 Å². The van der Waals surface area contributed by atoms with Crippen molar-refractivity contribution >= 4 is 21.6 Å². The fourth-order valence-electron chi connectivity index (χ4n) is 1.80. The van der Waals surface area contributed by atoms with Crippen LogP contribution in [0.4, 0.5) is 0 Å². The molecule has 16 heavy (non-hydrogen) atoms. The van der Waals surface area contributed by atoms with Crippen molar-refractivity contribution in [1.29, 1.82) is 0 Å². The molecule has 1 aromatic rings. The largest absolute Gasteiger partial charge is 0.411 e. The molecule has 1 aromatic heterocycles. The summed E-state index contributed by atoms with van der Waals surface area (Å²) >= 11 is 3.37. The van der Waals surface area contributed by atoms with E-state index in [0.29, 0.717) is 0 Å². The average molecular weight is 284 g/mol. The second-order valence-corrected chi connectivity index (χ2v) is 4.83. The number of oxime groups is 1. The fourth-order valence-corrected chi connectivity index (χ4v) is 2.03. The molecule has 0 aromatic carbocycles. The molecule has 1 aliphatic rings. The summed E-state index contributed by atoms with van der Waals surface area (Å²) in [4.78, 5) is 6.67. The van der Waals surface area contributed by atoms with E-state index in [9.17, 15) is 0 Å². The maximum atomic E-state index is 8.65. The van der Waals surface area contributed by atoms with E-state index in [4.69, 9.17) is 5.21 Å². The summed E-state index contributed by atoms with van der Waals surface area (Å²) in [5.74, 6) is 0. The van der Waals surface area contributed by atoms with Gasteiger partial charge in [-0.15, -0.1) is 0 Å². The van der Waals surface area contributed by atoms with Gasteiger partial charge in [0.15, 0.2) is 0 Å². The highest BCUT2D eigenvalue weighted by Crippen LogP contribution is 2.12. The first-order chi connectivity index (χ1) is 7.78. The van der Waals surface area contributed by atoms with E-state index in [1.165, 1.54) is 0 Å². The van der Waals surface area contributed by atoms with Crippen molar-refractivity contribution < 1.29 is 5.21 Å². The number of halogens is 1. The molecule has 0 radical (unpaired) electrons. The number of nitrogens with zero attached hydrogens (tertiary/aromatic N) is 3. The second kappa shape index (κ2) is 5.41. The highest BCUT2D eigenvalue weighted by Gasteiger charge is 2.15. The minimum atomic E-state index is 0.854. The molecule has 5 heteroatoms. The Morgan fingerprint density at radius 3 is 2.69 bits per heavy atom. The molecule has 0 unspecified atom stereocenters. The Bertz CT molecular complexity index is 367. The van der Waals surface area contributed by atoms with Crippen molar-refractivity contribution in [2.24, 2.45) is 5.16 Å². The lowest BCUT2D eigenvalue weighted by Crippen LogP contribution is -2.33. The molecule has 1 fully saturated rings. The van der Waals surface area contributed by atoms with E-state index in [0.717, 1.165) is 48.4 Å². The first kappa shape index (κ1) is 11.5. The number of pyridine rings is 1. The third kappa shape index (κ3) is 3.02.